The summed E-state index contributed by atoms with van der Waals surface area (Å²) in [6.45, 7) is 16.5. The van der Waals surface area contributed by atoms with Crippen LogP contribution in [0.25, 0.3) is 0 Å². The summed E-state index contributed by atoms with van der Waals surface area (Å²) in [5, 5.41) is 11.7. The molecular formula is C32H48O7Si. The number of furan rings is 1. The molecule has 10 atom stereocenters. The largest absolute Gasteiger partial charge is 0.472 e. The van der Waals surface area contributed by atoms with Gasteiger partial charge in [0.1, 0.15) is 11.7 Å². The normalized spacial score (nSPS) is 50.3. The van der Waals surface area contributed by atoms with Crippen LogP contribution in [0.2, 0.25) is 18.1 Å². The molecule has 7 fully saturated rings. The topological polar surface area (TPSA) is 90.7 Å². The number of rotatable bonds is 6. The van der Waals surface area contributed by atoms with Gasteiger partial charge in [-0.2, -0.15) is 0 Å². The van der Waals surface area contributed by atoms with Gasteiger partial charge in [0, 0.05) is 33.6 Å². The Morgan fingerprint density at radius 2 is 1.75 bits per heavy atom. The SMILES string of the molecule is CC[Si](CC)(CC)O[C@@H]1C[C@H]2C(C)(C)C3(O)CC[C@]2(CO3)[C@H]2CC[C@@]3(C)[C@H](c4ccoc4)OC(=O)[C@H]4O[C@]43[C@@]21C. The highest BCUT2D eigenvalue weighted by Gasteiger charge is 2.89. The van der Waals surface area contributed by atoms with Gasteiger partial charge >= 0.3 is 5.97 Å². The molecule has 222 valence electrons. The van der Waals surface area contributed by atoms with Crippen LogP contribution in [-0.2, 0) is 23.4 Å². The molecule has 0 aromatic carbocycles. The van der Waals surface area contributed by atoms with Crippen LogP contribution in [-0.4, -0.2) is 49.6 Å². The molecule has 2 bridgehead atoms. The monoisotopic (exact) mass is 572 g/mol. The number of hydrogen-bond donors (Lipinski definition) is 1. The molecule has 3 aliphatic carbocycles. The summed E-state index contributed by atoms with van der Waals surface area (Å²) in [5.41, 5.74) is -1.09. The van der Waals surface area contributed by atoms with Crippen molar-refractivity contribution in [1.29, 1.82) is 0 Å². The van der Waals surface area contributed by atoms with Gasteiger partial charge in [-0.05, 0) is 61.7 Å². The number of epoxide rings is 1. The fourth-order valence-electron chi connectivity index (χ4n) is 11.4. The summed E-state index contributed by atoms with van der Waals surface area (Å²) in [6.07, 6.45) is 6.65. The van der Waals surface area contributed by atoms with E-state index in [0.29, 0.717) is 13.0 Å². The third-order valence-corrected chi connectivity index (χ3v) is 18.7. The summed E-state index contributed by atoms with van der Waals surface area (Å²) < 4.78 is 32.5. The van der Waals surface area contributed by atoms with E-state index >= 15 is 0 Å². The fraction of sp³-hybridized carbons (Fsp3) is 0.844. The maximum Gasteiger partial charge on any atom is 0.339 e. The Bertz CT molecular complexity index is 1180. The number of hydrogen-bond acceptors (Lipinski definition) is 7. The summed E-state index contributed by atoms with van der Waals surface area (Å²) in [4.78, 5) is 13.6. The third-order valence-electron chi connectivity index (χ3n) is 14.0. The summed E-state index contributed by atoms with van der Waals surface area (Å²) in [6, 6.07) is 5.13. The lowest BCUT2D eigenvalue weighted by atomic mass is 9.33. The summed E-state index contributed by atoms with van der Waals surface area (Å²) >= 11 is 0. The fourth-order valence-corrected chi connectivity index (χ4v) is 14.4. The Balaban J connectivity index is 1.42. The number of esters is 1. The highest BCUT2D eigenvalue weighted by atomic mass is 28.4. The second kappa shape index (κ2) is 8.25. The van der Waals surface area contributed by atoms with E-state index in [1.54, 1.807) is 12.5 Å². The average Bonchev–Trinajstić information content (AvgIpc) is 3.51. The van der Waals surface area contributed by atoms with E-state index in [4.69, 9.17) is 23.1 Å². The molecule has 2 spiro atoms. The number of fused-ring (bicyclic) bond motifs is 3. The smallest absolute Gasteiger partial charge is 0.339 e. The van der Waals surface area contributed by atoms with Crippen LogP contribution in [0.5, 0.6) is 0 Å². The molecule has 5 heterocycles. The van der Waals surface area contributed by atoms with Gasteiger partial charge in [0.05, 0.1) is 25.2 Å². The molecule has 8 rings (SSSR count). The maximum atomic E-state index is 13.6. The van der Waals surface area contributed by atoms with E-state index in [-0.39, 0.29) is 29.3 Å². The first-order chi connectivity index (χ1) is 18.8. The molecule has 8 heteroatoms. The van der Waals surface area contributed by atoms with Crippen molar-refractivity contribution in [2.75, 3.05) is 6.61 Å². The first-order valence-corrected chi connectivity index (χ1v) is 18.3. The Morgan fingerprint density at radius 1 is 1.02 bits per heavy atom. The quantitative estimate of drug-likeness (QED) is 0.241. The van der Waals surface area contributed by atoms with Crippen molar-refractivity contribution < 1.29 is 33.0 Å². The van der Waals surface area contributed by atoms with E-state index < -0.39 is 48.2 Å². The minimum Gasteiger partial charge on any atom is -0.472 e. The number of cyclic esters (lactones) is 1. The average molecular weight is 573 g/mol. The van der Waals surface area contributed by atoms with Crippen LogP contribution < -0.4 is 0 Å². The molecule has 40 heavy (non-hydrogen) atoms. The Labute approximate surface area is 239 Å². The van der Waals surface area contributed by atoms with Crippen molar-refractivity contribution in [3.8, 4) is 0 Å². The van der Waals surface area contributed by atoms with Crippen LogP contribution in [0, 0.1) is 33.5 Å². The maximum absolute atomic E-state index is 13.6. The zero-order chi connectivity index (χ0) is 28.6. The van der Waals surface area contributed by atoms with Crippen LogP contribution >= 0.6 is 0 Å². The molecular weight excluding hydrogens is 524 g/mol. The molecule has 1 N–H and O–H groups in total. The zero-order valence-electron chi connectivity index (χ0n) is 25.4. The lowest BCUT2D eigenvalue weighted by molar-refractivity contribution is -0.405. The first kappa shape index (κ1) is 27.6. The van der Waals surface area contributed by atoms with Gasteiger partial charge in [-0.25, -0.2) is 4.79 Å². The number of aliphatic hydroxyl groups is 1. The van der Waals surface area contributed by atoms with Gasteiger partial charge in [-0.1, -0.05) is 48.5 Å². The summed E-state index contributed by atoms with van der Waals surface area (Å²) in [5.74, 6) is -0.842. The molecule has 1 aromatic heterocycles. The molecule has 1 unspecified atom stereocenters. The Hall–Kier alpha value is -1.19. The van der Waals surface area contributed by atoms with Crippen molar-refractivity contribution >= 4 is 14.3 Å². The molecule has 7 aliphatic rings. The second-order valence-electron chi connectivity index (χ2n) is 15.1. The van der Waals surface area contributed by atoms with E-state index in [1.165, 1.54) is 0 Å². The van der Waals surface area contributed by atoms with Gasteiger partial charge < -0.3 is 28.2 Å². The molecule has 4 saturated heterocycles. The van der Waals surface area contributed by atoms with Crippen molar-refractivity contribution in [1.82, 2.24) is 0 Å². The molecule has 1 aromatic rings. The van der Waals surface area contributed by atoms with Crippen molar-refractivity contribution in [3.63, 3.8) is 0 Å². The molecule has 0 amide bonds. The predicted molar refractivity (Wildman–Crippen MR) is 151 cm³/mol. The van der Waals surface area contributed by atoms with E-state index in [0.717, 1.165) is 49.4 Å². The summed E-state index contributed by atoms with van der Waals surface area (Å²) in [7, 11) is -2.04. The van der Waals surface area contributed by atoms with Crippen molar-refractivity contribution in [3.05, 3.63) is 24.2 Å². The van der Waals surface area contributed by atoms with E-state index in [9.17, 15) is 9.90 Å². The van der Waals surface area contributed by atoms with Crippen LogP contribution in [0.3, 0.4) is 0 Å². The zero-order valence-corrected chi connectivity index (χ0v) is 26.4. The lowest BCUT2D eigenvalue weighted by Crippen LogP contribution is -2.78. The number of carbonyl (C=O) groups excluding carboxylic acids is 1. The minimum absolute atomic E-state index is 0.0672. The second-order valence-corrected chi connectivity index (χ2v) is 19.8. The van der Waals surface area contributed by atoms with Gasteiger partial charge in [-0.3, -0.25) is 0 Å². The van der Waals surface area contributed by atoms with Crippen molar-refractivity contribution in [2.45, 2.75) is 128 Å². The third kappa shape index (κ3) is 2.89. The van der Waals surface area contributed by atoms with E-state index in [2.05, 4.69) is 48.5 Å². The molecule has 4 aliphatic heterocycles. The minimum atomic E-state index is -2.04. The van der Waals surface area contributed by atoms with Crippen LogP contribution in [0.1, 0.15) is 92.2 Å². The van der Waals surface area contributed by atoms with Crippen molar-refractivity contribution in [2.24, 2.45) is 33.5 Å². The predicted octanol–water partition coefficient (Wildman–Crippen LogP) is 6.37. The molecule has 7 nitrogen and oxygen atoms in total. The van der Waals surface area contributed by atoms with Gasteiger partial charge in [-0.15, -0.1) is 0 Å². The van der Waals surface area contributed by atoms with Crippen LogP contribution in [0.4, 0.5) is 0 Å². The van der Waals surface area contributed by atoms with Gasteiger partial charge in [0.2, 0.25) is 0 Å². The Kier molecular flexibility index (Phi) is 5.70. The van der Waals surface area contributed by atoms with E-state index in [1.807, 2.05) is 6.07 Å². The molecule has 3 saturated carbocycles. The number of ether oxygens (including phenoxy) is 3. The highest BCUT2D eigenvalue weighted by molar-refractivity contribution is 6.73. The standard InChI is InChI=1S/C32H48O7Si/c1-8-40(9-2,10-3)39-23-17-22-27(4,5)31(34)15-14-30(22,19-36-31)21-11-13-28(6)24(20-12-16-35-18-20)37-26(33)25-32(28,38-25)29(21,23)7/h12,16,18,21-25,34H,8-11,13-15,17,19H2,1-7H3/t21-,22-,23+,24-,25+,28-,29-,30-,31?,32+/m0/s1. The van der Waals surface area contributed by atoms with Crippen LogP contribution in [0.15, 0.2) is 23.0 Å². The first-order valence-electron chi connectivity index (χ1n) is 15.8. The highest BCUT2D eigenvalue weighted by Crippen LogP contribution is 2.82. The number of carbonyl (C=O) groups is 1. The van der Waals surface area contributed by atoms with Gasteiger partial charge in [0.25, 0.3) is 0 Å². The Morgan fingerprint density at radius 3 is 2.35 bits per heavy atom. The molecule has 0 radical (unpaired) electrons. The van der Waals surface area contributed by atoms with Gasteiger partial charge in [0.15, 0.2) is 20.2 Å². The lowest BCUT2D eigenvalue weighted by Gasteiger charge is -2.75.